The molecule has 0 amide bonds. The highest BCUT2D eigenvalue weighted by atomic mass is 32.1. The molecule has 0 aliphatic carbocycles. The molecule has 0 unspecified atom stereocenters. The number of piperidine rings is 3. The van der Waals surface area contributed by atoms with E-state index >= 15 is 0 Å². The van der Waals surface area contributed by atoms with Crippen LogP contribution in [0.4, 0.5) is 5.69 Å². The first-order valence-corrected chi connectivity index (χ1v) is 7.65. The summed E-state index contributed by atoms with van der Waals surface area (Å²) >= 11 is 1.66. The molecule has 0 spiro atoms. The molecule has 2 bridgehead atoms. The van der Waals surface area contributed by atoms with Crippen molar-refractivity contribution in [3.63, 3.8) is 0 Å². The zero-order chi connectivity index (χ0) is 12.1. The molecule has 3 fully saturated rings. The second-order valence-electron chi connectivity index (χ2n) is 5.57. The molecular formula is C14H18N2OS. The second kappa shape index (κ2) is 4.08. The lowest BCUT2D eigenvalue weighted by atomic mass is 9.82. The highest BCUT2D eigenvalue weighted by molar-refractivity contribution is 7.10. The third-order valence-corrected chi connectivity index (χ3v) is 5.60. The number of aliphatic hydroxyl groups excluding tert-OH is 1. The molecule has 2 atom stereocenters. The van der Waals surface area contributed by atoms with Crippen LogP contribution in [-0.4, -0.2) is 35.7 Å². The minimum atomic E-state index is -0.405. The van der Waals surface area contributed by atoms with Gasteiger partial charge in [-0.05, 0) is 49.4 Å². The SMILES string of the molecule is O[C@@H]1C=CN([C@H]2CN3CCC2CC3)c2ccsc21. The molecule has 0 saturated carbocycles. The number of hydrogen-bond acceptors (Lipinski definition) is 4. The van der Waals surface area contributed by atoms with Gasteiger partial charge in [0.15, 0.2) is 0 Å². The summed E-state index contributed by atoms with van der Waals surface area (Å²) < 4.78 is 0. The number of thiophene rings is 1. The van der Waals surface area contributed by atoms with Crippen molar-refractivity contribution < 1.29 is 5.11 Å². The third-order valence-electron chi connectivity index (χ3n) is 4.63. The fraction of sp³-hybridized carbons (Fsp3) is 0.571. The summed E-state index contributed by atoms with van der Waals surface area (Å²) in [5, 5.41) is 12.1. The normalized spacial score (nSPS) is 37.9. The molecule has 5 heterocycles. The smallest absolute Gasteiger partial charge is 0.110 e. The largest absolute Gasteiger partial charge is 0.383 e. The van der Waals surface area contributed by atoms with Crippen LogP contribution in [0.15, 0.2) is 23.7 Å². The van der Waals surface area contributed by atoms with Gasteiger partial charge in [0.05, 0.1) is 10.6 Å². The van der Waals surface area contributed by atoms with Crippen LogP contribution in [0.1, 0.15) is 23.8 Å². The Hall–Kier alpha value is -0.840. The van der Waals surface area contributed by atoms with Crippen LogP contribution in [0.25, 0.3) is 0 Å². The molecule has 96 valence electrons. The van der Waals surface area contributed by atoms with Gasteiger partial charge < -0.3 is 14.9 Å². The van der Waals surface area contributed by atoms with Crippen molar-refractivity contribution in [1.82, 2.24) is 4.90 Å². The van der Waals surface area contributed by atoms with Crippen molar-refractivity contribution in [2.24, 2.45) is 5.92 Å². The van der Waals surface area contributed by atoms with E-state index in [9.17, 15) is 5.11 Å². The molecule has 3 nitrogen and oxygen atoms in total. The fourth-order valence-electron chi connectivity index (χ4n) is 3.63. The van der Waals surface area contributed by atoms with Gasteiger partial charge in [-0.2, -0.15) is 0 Å². The van der Waals surface area contributed by atoms with Gasteiger partial charge in [-0.15, -0.1) is 11.3 Å². The summed E-state index contributed by atoms with van der Waals surface area (Å²) in [5.41, 5.74) is 1.23. The quantitative estimate of drug-likeness (QED) is 0.840. The minimum absolute atomic E-state index is 0.405. The Morgan fingerprint density at radius 3 is 2.83 bits per heavy atom. The van der Waals surface area contributed by atoms with Crippen LogP contribution in [0.2, 0.25) is 0 Å². The summed E-state index contributed by atoms with van der Waals surface area (Å²) in [5.74, 6) is 0.822. The van der Waals surface area contributed by atoms with Gasteiger partial charge in [0.1, 0.15) is 6.10 Å². The fourth-order valence-corrected chi connectivity index (χ4v) is 4.48. The third kappa shape index (κ3) is 1.56. The topological polar surface area (TPSA) is 26.7 Å². The van der Waals surface area contributed by atoms with Gasteiger partial charge in [0, 0.05) is 18.8 Å². The van der Waals surface area contributed by atoms with E-state index < -0.39 is 6.10 Å². The molecule has 3 saturated heterocycles. The zero-order valence-corrected chi connectivity index (χ0v) is 11.1. The van der Waals surface area contributed by atoms with Crippen molar-refractivity contribution in [2.45, 2.75) is 25.0 Å². The maximum atomic E-state index is 9.98. The average Bonchev–Trinajstić information content (AvgIpc) is 2.91. The first-order chi connectivity index (χ1) is 8.83. The number of fused-ring (bicyclic) bond motifs is 4. The minimum Gasteiger partial charge on any atom is -0.383 e. The monoisotopic (exact) mass is 262 g/mol. The summed E-state index contributed by atoms with van der Waals surface area (Å²) in [6.45, 7) is 3.73. The Morgan fingerprint density at radius 1 is 1.28 bits per heavy atom. The summed E-state index contributed by atoms with van der Waals surface area (Å²) in [7, 11) is 0. The Labute approximate surface area is 111 Å². The average molecular weight is 262 g/mol. The van der Waals surface area contributed by atoms with Gasteiger partial charge in [-0.25, -0.2) is 0 Å². The molecule has 0 radical (unpaired) electrons. The van der Waals surface area contributed by atoms with Crippen LogP contribution < -0.4 is 4.90 Å². The van der Waals surface area contributed by atoms with E-state index in [1.165, 1.54) is 38.2 Å². The van der Waals surface area contributed by atoms with E-state index in [1.807, 2.05) is 6.08 Å². The molecule has 1 aromatic heterocycles. The van der Waals surface area contributed by atoms with E-state index in [2.05, 4.69) is 27.4 Å². The van der Waals surface area contributed by atoms with Gasteiger partial charge in [-0.3, -0.25) is 0 Å². The molecule has 18 heavy (non-hydrogen) atoms. The van der Waals surface area contributed by atoms with Crippen molar-refractivity contribution in [3.05, 3.63) is 28.6 Å². The molecule has 5 rings (SSSR count). The number of anilines is 1. The van der Waals surface area contributed by atoms with E-state index in [0.29, 0.717) is 6.04 Å². The lowest BCUT2D eigenvalue weighted by molar-refractivity contribution is 0.0883. The van der Waals surface area contributed by atoms with E-state index in [-0.39, 0.29) is 0 Å². The summed E-state index contributed by atoms with van der Waals surface area (Å²) in [4.78, 5) is 6.10. The van der Waals surface area contributed by atoms with Gasteiger partial charge in [0.25, 0.3) is 0 Å². The summed E-state index contributed by atoms with van der Waals surface area (Å²) in [6, 6.07) is 2.76. The number of nitrogens with zero attached hydrogens (tertiary/aromatic N) is 2. The van der Waals surface area contributed by atoms with Crippen molar-refractivity contribution >= 4 is 17.0 Å². The number of rotatable bonds is 1. The van der Waals surface area contributed by atoms with Crippen LogP contribution in [0.5, 0.6) is 0 Å². The second-order valence-corrected chi connectivity index (χ2v) is 6.52. The summed E-state index contributed by atoms with van der Waals surface area (Å²) in [6.07, 6.45) is 6.29. The Bertz CT molecular complexity index is 476. The molecule has 4 heteroatoms. The van der Waals surface area contributed by atoms with Gasteiger partial charge in [0.2, 0.25) is 0 Å². The van der Waals surface area contributed by atoms with Crippen molar-refractivity contribution in [2.75, 3.05) is 24.5 Å². The van der Waals surface area contributed by atoms with Crippen LogP contribution in [0, 0.1) is 5.92 Å². The highest BCUT2D eigenvalue weighted by Gasteiger charge is 2.38. The maximum absolute atomic E-state index is 9.98. The van der Waals surface area contributed by atoms with Crippen LogP contribution in [0.3, 0.4) is 0 Å². The lowest BCUT2D eigenvalue weighted by Crippen LogP contribution is -2.56. The predicted octanol–water partition coefficient (Wildman–Crippen LogP) is 2.21. The Kier molecular flexibility index (Phi) is 2.50. The molecule has 0 aromatic carbocycles. The first kappa shape index (κ1) is 11.0. The van der Waals surface area contributed by atoms with Crippen LogP contribution in [-0.2, 0) is 0 Å². The predicted molar refractivity (Wildman–Crippen MR) is 73.8 cm³/mol. The molecule has 4 aliphatic heterocycles. The first-order valence-electron chi connectivity index (χ1n) is 6.77. The molecule has 1 aromatic rings. The van der Waals surface area contributed by atoms with Gasteiger partial charge >= 0.3 is 0 Å². The van der Waals surface area contributed by atoms with E-state index in [1.54, 1.807) is 11.3 Å². The number of hydrogen-bond donors (Lipinski definition) is 1. The molecule has 1 N–H and O–H groups in total. The molecular weight excluding hydrogens is 244 g/mol. The zero-order valence-electron chi connectivity index (χ0n) is 10.3. The Balaban J connectivity index is 1.68. The van der Waals surface area contributed by atoms with Gasteiger partial charge in [-0.1, -0.05) is 0 Å². The maximum Gasteiger partial charge on any atom is 0.110 e. The lowest BCUT2D eigenvalue weighted by Gasteiger charge is -2.49. The number of aliphatic hydroxyl groups is 1. The van der Waals surface area contributed by atoms with Crippen molar-refractivity contribution in [3.8, 4) is 0 Å². The van der Waals surface area contributed by atoms with Crippen LogP contribution >= 0.6 is 11.3 Å². The van der Waals surface area contributed by atoms with Crippen molar-refractivity contribution in [1.29, 1.82) is 0 Å². The Morgan fingerprint density at radius 2 is 2.11 bits per heavy atom. The standard InChI is InChI=1S/C14H18N2OS/c17-13-3-7-16(11-4-8-18-14(11)13)12-9-15-5-1-10(12)2-6-15/h3-4,7-8,10,12-13,17H,1-2,5-6,9H2/t12-,13+/m0/s1. The highest BCUT2D eigenvalue weighted by Crippen LogP contribution is 2.41. The van der Waals surface area contributed by atoms with E-state index in [0.717, 1.165) is 10.8 Å². The van der Waals surface area contributed by atoms with E-state index in [4.69, 9.17) is 0 Å². The molecule has 4 aliphatic rings.